The number of carbonyl (C=O) groups excluding carboxylic acids is 1. The largest absolute Gasteiger partial charge is 0.471 e. The maximum atomic E-state index is 12.5. The van der Waals surface area contributed by atoms with Crippen LogP contribution in [0.4, 0.5) is 13.2 Å². The number of halogens is 3. The predicted octanol–water partition coefficient (Wildman–Crippen LogP) is 2.75. The van der Waals surface area contributed by atoms with Crippen molar-refractivity contribution >= 4 is 5.91 Å². The van der Waals surface area contributed by atoms with Crippen LogP contribution in [0.25, 0.3) is 11.4 Å². The maximum absolute atomic E-state index is 12.5. The predicted molar refractivity (Wildman–Crippen MR) is 85.5 cm³/mol. The Morgan fingerprint density at radius 2 is 2.04 bits per heavy atom. The van der Waals surface area contributed by atoms with Gasteiger partial charge in [0, 0.05) is 19.2 Å². The normalized spacial score (nSPS) is 11.2. The topological polar surface area (TPSA) is 68.5 Å². The fourth-order valence-corrected chi connectivity index (χ4v) is 2.13. The Labute approximate surface area is 147 Å². The van der Waals surface area contributed by atoms with Crippen molar-refractivity contribution in [1.29, 1.82) is 0 Å². The van der Waals surface area contributed by atoms with E-state index in [9.17, 15) is 18.0 Å². The van der Waals surface area contributed by atoms with E-state index >= 15 is 0 Å². The summed E-state index contributed by atoms with van der Waals surface area (Å²) in [5, 5.41) is 3.32. The molecule has 0 aliphatic carbocycles. The first-order valence-electron chi connectivity index (χ1n) is 7.55. The van der Waals surface area contributed by atoms with E-state index < -0.39 is 12.1 Å². The zero-order valence-electron chi connectivity index (χ0n) is 13.9. The number of nitrogens with zero attached hydrogens (tertiary/aromatic N) is 3. The second kappa shape index (κ2) is 8.49. The van der Waals surface area contributed by atoms with Crippen molar-refractivity contribution in [3.8, 4) is 23.7 Å². The second-order valence-corrected chi connectivity index (χ2v) is 5.31. The van der Waals surface area contributed by atoms with E-state index in [0.717, 1.165) is 5.56 Å². The van der Waals surface area contributed by atoms with Crippen molar-refractivity contribution in [3.05, 3.63) is 35.7 Å². The first-order chi connectivity index (χ1) is 12.3. The Kier molecular flexibility index (Phi) is 6.36. The van der Waals surface area contributed by atoms with Crippen molar-refractivity contribution in [1.82, 2.24) is 15.0 Å². The molecule has 6 nitrogen and oxygen atoms in total. The third kappa shape index (κ3) is 5.07. The molecule has 26 heavy (non-hydrogen) atoms. The van der Waals surface area contributed by atoms with E-state index in [1.165, 1.54) is 12.0 Å². The molecule has 0 aliphatic heterocycles. The summed E-state index contributed by atoms with van der Waals surface area (Å²) in [6.07, 6.45) is 0.810. The summed E-state index contributed by atoms with van der Waals surface area (Å²) >= 11 is 0. The number of carbonyl (C=O) groups is 1. The average molecular weight is 367 g/mol. The zero-order valence-corrected chi connectivity index (χ0v) is 13.9. The fraction of sp³-hybridized carbons (Fsp3) is 0.353. The van der Waals surface area contributed by atoms with Gasteiger partial charge in [0.05, 0.1) is 19.6 Å². The van der Waals surface area contributed by atoms with E-state index in [0.29, 0.717) is 5.56 Å². The number of methoxy groups -OCH3 is 1. The lowest BCUT2D eigenvalue weighted by Gasteiger charge is -2.20. The lowest BCUT2D eigenvalue weighted by Crippen LogP contribution is -2.31. The molecule has 0 spiro atoms. The molecule has 0 radical (unpaired) electrons. The van der Waals surface area contributed by atoms with E-state index in [-0.39, 0.29) is 37.8 Å². The van der Waals surface area contributed by atoms with Gasteiger partial charge in [-0.25, -0.2) is 0 Å². The van der Waals surface area contributed by atoms with E-state index in [2.05, 4.69) is 20.6 Å². The molecular weight excluding hydrogens is 351 g/mol. The minimum Gasteiger partial charge on any atom is -0.384 e. The van der Waals surface area contributed by atoms with Crippen LogP contribution < -0.4 is 0 Å². The molecule has 2 rings (SSSR count). The molecule has 1 amide bonds. The Morgan fingerprint density at radius 1 is 1.35 bits per heavy atom. The highest BCUT2D eigenvalue weighted by atomic mass is 19.4. The van der Waals surface area contributed by atoms with Crippen molar-refractivity contribution in [2.24, 2.45) is 0 Å². The van der Waals surface area contributed by atoms with Crippen LogP contribution in [0.1, 0.15) is 17.9 Å². The Balaban J connectivity index is 2.09. The number of terminal acetylenes is 1. The van der Waals surface area contributed by atoms with Crippen molar-refractivity contribution in [2.45, 2.75) is 19.1 Å². The molecule has 1 aromatic carbocycles. The van der Waals surface area contributed by atoms with Crippen LogP contribution in [0.2, 0.25) is 0 Å². The van der Waals surface area contributed by atoms with Gasteiger partial charge in [-0.15, -0.1) is 6.42 Å². The number of alkyl halides is 3. The Morgan fingerprint density at radius 3 is 2.58 bits per heavy atom. The van der Waals surface area contributed by atoms with Gasteiger partial charge in [0.1, 0.15) is 0 Å². The van der Waals surface area contributed by atoms with Gasteiger partial charge in [-0.1, -0.05) is 35.3 Å². The summed E-state index contributed by atoms with van der Waals surface area (Å²) in [6.45, 7) is 0.704. The summed E-state index contributed by atoms with van der Waals surface area (Å²) in [7, 11) is 1.50. The van der Waals surface area contributed by atoms with Gasteiger partial charge in [0.2, 0.25) is 11.7 Å². The van der Waals surface area contributed by atoms with Crippen molar-refractivity contribution < 1.29 is 27.2 Å². The van der Waals surface area contributed by atoms with Crippen LogP contribution >= 0.6 is 0 Å². The number of aromatic nitrogens is 2. The van der Waals surface area contributed by atoms with Crippen molar-refractivity contribution in [2.75, 3.05) is 20.3 Å². The Hall–Kier alpha value is -2.86. The van der Waals surface area contributed by atoms with E-state index in [1.54, 1.807) is 24.3 Å². The summed E-state index contributed by atoms with van der Waals surface area (Å²) in [5.41, 5.74) is 1.12. The van der Waals surface area contributed by atoms with Crippen LogP contribution in [0.15, 0.2) is 28.8 Å². The number of ether oxygens (including phenoxy) is 1. The standard InChI is InChI=1S/C17H16F3N3O3/c1-3-9-23(14(24)8-10-25-2)11-12-4-6-13(7-5-12)15-21-16(26-22-15)17(18,19)20/h1,4-7H,8-11H2,2H3. The lowest BCUT2D eigenvalue weighted by molar-refractivity contribution is -0.159. The molecule has 0 N–H and O–H groups in total. The van der Waals surface area contributed by atoms with Crippen LogP contribution in [0.3, 0.4) is 0 Å². The summed E-state index contributed by atoms with van der Waals surface area (Å²) in [5.74, 6) is 0.705. The molecule has 0 aliphatic rings. The number of hydrogen-bond donors (Lipinski definition) is 0. The molecule has 0 fully saturated rings. The van der Waals surface area contributed by atoms with Crippen molar-refractivity contribution in [3.63, 3.8) is 0 Å². The number of hydrogen-bond acceptors (Lipinski definition) is 5. The fourth-order valence-electron chi connectivity index (χ4n) is 2.13. The molecule has 0 bridgehead atoms. The summed E-state index contributed by atoms with van der Waals surface area (Å²) in [6, 6.07) is 6.42. The van der Waals surface area contributed by atoms with E-state index in [4.69, 9.17) is 11.2 Å². The molecule has 138 valence electrons. The van der Waals surface area contributed by atoms with E-state index in [1.807, 2.05) is 0 Å². The molecule has 2 aromatic rings. The maximum Gasteiger partial charge on any atom is 0.471 e. The smallest absolute Gasteiger partial charge is 0.384 e. The van der Waals surface area contributed by atoms with Crippen LogP contribution in [-0.4, -0.2) is 41.2 Å². The highest BCUT2D eigenvalue weighted by molar-refractivity contribution is 5.76. The monoisotopic (exact) mass is 367 g/mol. The van der Waals surface area contributed by atoms with Crippen LogP contribution in [0, 0.1) is 12.3 Å². The third-order valence-corrected chi connectivity index (χ3v) is 3.41. The molecule has 0 saturated heterocycles. The minimum atomic E-state index is -4.69. The highest BCUT2D eigenvalue weighted by Gasteiger charge is 2.38. The highest BCUT2D eigenvalue weighted by Crippen LogP contribution is 2.29. The molecule has 0 unspecified atom stereocenters. The molecule has 9 heteroatoms. The molecule has 0 atom stereocenters. The van der Waals surface area contributed by atoms with Gasteiger partial charge < -0.3 is 14.2 Å². The van der Waals surface area contributed by atoms with Crippen LogP contribution in [0.5, 0.6) is 0 Å². The first kappa shape index (κ1) is 19.5. The molecule has 1 heterocycles. The second-order valence-electron chi connectivity index (χ2n) is 5.31. The summed E-state index contributed by atoms with van der Waals surface area (Å²) < 4.78 is 46.6. The van der Waals surface area contributed by atoms with Gasteiger partial charge in [-0.05, 0) is 5.56 Å². The average Bonchev–Trinajstić information content (AvgIpc) is 3.10. The SMILES string of the molecule is C#CCN(Cc1ccc(-c2noc(C(F)(F)F)n2)cc1)C(=O)CCOC. The number of amides is 1. The molecular formula is C17H16F3N3O3. The van der Waals surface area contributed by atoms with Gasteiger partial charge in [0.25, 0.3) is 0 Å². The van der Waals surface area contributed by atoms with Crippen LogP contribution in [-0.2, 0) is 22.3 Å². The Bertz CT molecular complexity index is 779. The minimum absolute atomic E-state index is 0.143. The number of rotatable bonds is 7. The van der Waals surface area contributed by atoms with Gasteiger partial charge in [0.15, 0.2) is 0 Å². The first-order valence-corrected chi connectivity index (χ1v) is 7.55. The summed E-state index contributed by atoms with van der Waals surface area (Å²) in [4.78, 5) is 16.9. The lowest BCUT2D eigenvalue weighted by atomic mass is 10.1. The number of benzene rings is 1. The third-order valence-electron chi connectivity index (χ3n) is 3.41. The quantitative estimate of drug-likeness (QED) is 0.704. The van der Waals surface area contributed by atoms with Gasteiger partial charge >= 0.3 is 12.1 Å². The molecule has 1 aromatic heterocycles. The molecule has 0 saturated carbocycles. The zero-order chi connectivity index (χ0) is 19.2. The van der Waals surface area contributed by atoms with Gasteiger partial charge in [-0.2, -0.15) is 18.2 Å². The van der Waals surface area contributed by atoms with Gasteiger partial charge in [-0.3, -0.25) is 4.79 Å².